The van der Waals surface area contributed by atoms with E-state index in [1.807, 2.05) is 6.92 Å². The Bertz CT molecular complexity index is 846. The van der Waals surface area contributed by atoms with E-state index < -0.39 is 10.0 Å². The Hall–Kier alpha value is -2.58. The largest absolute Gasteiger partial charge is 0.348 e. The molecule has 0 saturated heterocycles. The Morgan fingerprint density at radius 3 is 2.40 bits per heavy atom. The highest BCUT2D eigenvalue weighted by molar-refractivity contribution is 7.89. The lowest BCUT2D eigenvalue weighted by Gasteiger charge is -2.16. The van der Waals surface area contributed by atoms with Crippen LogP contribution in [-0.4, -0.2) is 42.2 Å². The maximum Gasteiger partial charge on any atom is 0.254 e. The lowest BCUT2D eigenvalue weighted by atomic mass is 10.2. The monoisotopic (exact) mass is 360 g/mol. The van der Waals surface area contributed by atoms with Gasteiger partial charge in [-0.2, -0.15) is 4.31 Å². The van der Waals surface area contributed by atoms with Crippen LogP contribution in [0.15, 0.2) is 54.2 Å². The topological polar surface area (TPSA) is 92.3 Å². The SMILES string of the molecule is C=CCNC(=O)c1cnc(CN(C)S(=O)(=O)c2ccc(C)cc2)nc1. The molecule has 0 atom stereocenters. The summed E-state index contributed by atoms with van der Waals surface area (Å²) in [5.41, 5.74) is 1.28. The van der Waals surface area contributed by atoms with Gasteiger partial charge in [0.2, 0.25) is 10.0 Å². The molecule has 0 aliphatic rings. The predicted octanol–water partition coefficient (Wildman–Crippen LogP) is 1.52. The summed E-state index contributed by atoms with van der Waals surface area (Å²) in [6.45, 7) is 5.76. The van der Waals surface area contributed by atoms with Crippen molar-refractivity contribution in [2.75, 3.05) is 13.6 Å². The van der Waals surface area contributed by atoms with E-state index in [4.69, 9.17) is 0 Å². The Morgan fingerprint density at radius 1 is 1.24 bits per heavy atom. The van der Waals surface area contributed by atoms with Gasteiger partial charge in [-0.25, -0.2) is 18.4 Å². The number of nitrogens with zero attached hydrogens (tertiary/aromatic N) is 3. The highest BCUT2D eigenvalue weighted by Gasteiger charge is 2.21. The van der Waals surface area contributed by atoms with Crippen LogP contribution in [0.3, 0.4) is 0 Å². The van der Waals surface area contributed by atoms with Gasteiger partial charge in [0, 0.05) is 26.0 Å². The van der Waals surface area contributed by atoms with Crippen LogP contribution < -0.4 is 5.32 Å². The summed E-state index contributed by atoms with van der Waals surface area (Å²) in [5, 5.41) is 2.62. The number of rotatable bonds is 7. The smallest absolute Gasteiger partial charge is 0.254 e. The molecule has 0 spiro atoms. The van der Waals surface area contributed by atoms with Crippen LogP contribution in [0.4, 0.5) is 0 Å². The molecule has 25 heavy (non-hydrogen) atoms. The van der Waals surface area contributed by atoms with Crippen LogP contribution in [-0.2, 0) is 16.6 Å². The lowest BCUT2D eigenvalue weighted by Crippen LogP contribution is -2.28. The second kappa shape index (κ2) is 8.00. The summed E-state index contributed by atoms with van der Waals surface area (Å²) in [6, 6.07) is 6.62. The highest BCUT2D eigenvalue weighted by Crippen LogP contribution is 2.16. The molecule has 0 aliphatic carbocycles. The molecule has 2 aromatic rings. The van der Waals surface area contributed by atoms with E-state index in [9.17, 15) is 13.2 Å². The minimum atomic E-state index is -3.63. The second-order valence-corrected chi connectivity index (χ2v) is 7.51. The highest BCUT2D eigenvalue weighted by atomic mass is 32.2. The average molecular weight is 360 g/mol. The molecule has 0 bridgehead atoms. The molecule has 1 heterocycles. The fraction of sp³-hybridized carbons (Fsp3) is 0.235. The van der Waals surface area contributed by atoms with Crippen LogP contribution in [0.2, 0.25) is 0 Å². The van der Waals surface area contributed by atoms with Gasteiger partial charge in [-0.15, -0.1) is 6.58 Å². The quantitative estimate of drug-likeness (QED) is 0.756. The molecule has 132 valence electrons. The first kappa shape index (κ1) is 18.8. The molecule has 0 radical (unpaired) electrons. The molecule has 7 nitrogen and oxygen atoms in total. The average Bonchev–Trinajstić information content (AvgIpc) is 2.60. The number of amides is 1. The van der Waals surface area contributed by atoms with E-state index >= 15 is 0 Å². The summed E-state index contributed by atoms with van der Waals surface area (Å²) < 4.78 is 26.2. The third-order valence-corrected chi connectivity index (χ3v) is 5.29. The van der Waals surface area contributed by atoms with Crippen molar-refractivity contribution in [3.8, 4) is 0 Å². The van der Waals surface area contributed by atoms with Gasteiger partial charge in [0.25, 0.3) is 5.91 Å². The second-order valence-electron chi connectivity index (χ2n) is 5.46. The first-order valence-corrected chi connectivity index (χ1v) is 9.01. The zero-order chi connectivity index (χ0) is 18.4. The van der Waals surface area contributed by atoms with Crippen LogP contribution in [0.5, 0.6) is 0 Å². The first-order valence-electron chi connectivity index (χ1n) is 7.57. The summed E-state index contributed by atoms with van der Waals surface area (Å²) in [4.78, 5) is 20.1. The van der Waals surface area contributed by atoms with Crippen LogP contribution in [0, 0.1) is 6.92 Å². The number of hydrogen-bond acceptors (Lipinski definition) is 5. The predicted molar refractivity (Wildman–Crippen MR) is 94.4 cm³/mol. The minimum absolute atomic E-state index is 0.00473. The number of aryl methyl sites for hydroxylation is 1. The zero-order valence-electron chi connectivity index (χ0n) is 14.1. The minimum Gasteiger partial charge on any atom is -0.348 e. The van der Waals surface area contributed by atoms with Gasteiger partial charge in [0.1, 0.15) is 5.82 Å². The molecule has 0 fully saturated rings. The van der Waals surface area contributed by atoms with E-state index in [0.29, 0.717) is 17.9 Å². The van der Waals surface area contributed by atoms with E-state index in [-0.39, 0.29) is 17.3 Å². The number of hydrogen-bond donors (Lipinski definition) is 1. The Balaban J connectivity index is 2.09. The van der Waals surface area contributed by atoms with Gasteiger partial charge < -0.3 is 5.32 Å². The number of aromatic nitrogens is 2. The summed E-state index contributed by atoms with van der Waals surface area (Å²) in [7, 11) is -2.17. The van der Waals surface area contributed by atoms with E-state index in [2.05, 4.69) is 21.9 Å². The van der Waals surface area contributed by atoms with Crippen molar-refractivity contribution >= 4 is 15.9 Å². The van der Waals surface area contributed by atoms with Crippen molar-refractivity contribution in [1.82, 2.24) is 19.6 Å². The van der Waals surface area contributed by atoms with Gasteiger partial charge in [0.05, 0.1) is 17.0 Å². The zero-order valence-corrected chi connectivity index (χ0v) is 15.0. The van der Waals surface area contributed by atoms with Gasteiger partial charge in [-0.3, -0.25) is 4.79 Å². The van der Waals surface area contributed by atoms with E-state index in [1.165, 1.54) is 23.7 Å². The number of benzene rings is 1. The Morgan fingerprint density at radius 2 is 1.84 bits per heavy atom. The number of nitrogens with one attached hydrogen (secondary N) is 1. The maximum absolute atomic E-state index is 12.5. The van der Waals surface area contributed by atoms with Crippen molar-refractivity contribution in [2.45, 2.75) is 18.4 Å². The first-order chi connectivity index (χ1) is 11.8. The van der Waals surface area contributed by atoms with Gasteiger partial charge in [0.15, 0.2) is 0 Å². The van der Waals surface area contributed by atoms with Gasteiger partial charge in [-0.05, 0) is 19.1 Å². The third-order valence-electron chi connectivity index (χ3n) is 3.47. The molecule has 0 saturated carbocycles. The van der Waals surface area contributed by atoms with Crippen LogP contribution in [0.1, 0.15) is 21.7 Å². The molecular weight excluding hydrogens is 340 g/mol. The van der Waals surface area contributed by atoms with Crippen molar-refractivity contribution in [2.24, 2.45) is 0 Å². The fourth-order valence-corrected chi connectivity index (χ4v) is 3.12. The molecule has 8 heteroatoms. The molecular formula is C17H20N4O3S. The Kier molecular flexibility index (Phi) is 6.00. The van der Waals surface area contributed by atoms with Gasteiger partial charge in [-0.1, -0.05) is 23.8 Å². The number of carbonyl (C=O) groups excluding carboxylic acids is 1. The molecule has 1 N–H and O–H groups in total. The third kappa shape index (κ3) is 4.71. The summed E-state index contributed by atoms with van der Waals surface area (Å²) in [6.07, 6.45) is 4.30. The standard InChI is InChI=1S/C17H20N4O3S/c1-4-9-18-17(22)14-10-19-16(20-11-14)12-21(3)25(23,24)15-7-5-13(2)6-8-15/h4-8,10-11H,1,9,12H2,2-3H3,(H,18,22). The van der Waals surface area contributed by atoms with Crippen LogP contribution in [0.25, 0.3) is 0 Å². The van der Waals surface area contributed by atoms with Crippen LogP contribution >= 0.6 is 0 Å². The summed E-state index contributed by atoms with van der Waals surface area (Å²) in [5.74, 6) is -0.00876. The molecule has 2 rings (SSSR count). The van der Waals surface area contributed by atoms with E-state index in [1.54, 1.807) is 30.3 Å². The van der Waals surface area contributed by atoms with Crippen molar-refractivity contribution in [3.05, 3.63) is 66.3 Å². The lowest BCUT2D eigenvalue weighted by molar-refractivity contribution is 0.0957. The number of carbonyl (C=O) groups is 1. The van der Waals surface area contributed by atoms with Gasteiger partial charge >= 0.3 is 0 Å². The summed E-state index contributed by atoms with van der Waals surface area (Å²) >= 11 is 0. The van der Waals surface area contributed by atoms with Crippen molar-refractivity contribution in [3.63, 3.8) is 0 Å². The van der Waals surface area contributed by atoms with E-state index in [0.717, 1.165) is 5.56 Å². The van der Waals surface area contributed by atoms with Crippen molar-refractivity contribution in [1.29, 1.82) is 0 Å². The molecule has 1 aromatic heterocycles. The number of sulfonamides is 1. The molecule has 0 aliphatic heterocycles. The van der Waals surface area contributed by atoms with Crippen molar-refractivity contribution < 1.29 is 13.2 Å². The normalized spacial score (nSPS) is 11.3. The molecule has 1 amide bonds. The molecule has 1 aromatic carbocycles. The maximum atomic E-state index is 12.5. The Labute approximate surface area is 147 Å². The molecule has 0 unspecified atom stereocenters. The fourth-order valence-electron chi connectivity index (χ4n) is 1.99.